The molecule has 0 aliphatic carbocycles. The molecule has 0 atom stereocenters. The lowest BCUT2D eigenvalue weighted by Gasteiger charge is -2.10. The normalized spacial score (nSPS) is 10.6. The van der Waals surface area contributed by atoms with E-state index in [2.05, 4.69) is 26.5 Å². The standard InChI is InChI=1S/C21H16BrN3O5/c1-29-20-11-14(13-23-24-17-6-8-18(9-7-17)25(27)28)5-10-19(20)30-21(26)15-3-2-4-16(22)12-15/h2-13,24H,1H3/b23-13+. The first-order valence-corrected chi connectivity index (χ1v) is 9.45. The molecule has 1 N–H and O–H groups in total. The molecule has 3 rings (SSSR count). The van der Waals surface area contributed by atoms with E-state index in [1.165, 1.54) is 19.2 Å². The van der Waals surface area contributed by atoms with Crippen LogP contribution in [0.15, 0.2) is 76.3 Å². The molecule has 0 radical (unpaired) electrons. The number of non-ortho nitro benzene ring substituents is 1. The number of anilines is 1. The third kappa shape index (κ3) is 5.42. The van der Waals surface area contributed by atoms with Crippen LogP contribution in [0.3, 0.4) is 0 Å². The van der Waals surface area contributed by atoms with Crippen LogP contribution in [0.1, 0.15) is 15.9 Å². The largest absolute Gasteiger partial charge is 0.493 e. The van der Waals surface area contributed by atoms with Crippen LogP contribution >= 0.6 is 15.9 Å². The summed E-state index contributed by atoms with van der Waals surface area (Å²) in [5, 5.41) is 14.8. The number of ether oxygens (including phenoxy) is 2. The van der Waals surface area contributed by atoms with E-state index in [9.17, 15) is 14.9 Å². The zero-order chi connectivity index (χ0) is 21.5. The van der Waals surface area contributed by atoms with Crippen LogP contribution in [-0.2, 0) is 0 Å². The molecule has 8 nitrogen and oxygen atoms in total. The highest BCUT2D eigenvalue weighted by Crippen LogP contribution is 2.28. The maximum absolute atomic E-state index is 12.3. The lowest BCUT2D eigenvalue weighted by Crippen LogP contribution is -2.09. The van der Waals surface area contributed by atoms with Crippen LogP contribution in [-0.4, -0.2) is 24.2 Å². The van der Waals surface area contributed by atoms with Gasteiger partial charge in [0.2, 0.25) is 0 Å². The van der Waals surface area contributed by atoms with Crippen molar-refractivity contribution < 1.29 is 19.2 Å². The van der Waals surface area contributed by atoms with Gasteiger partial charge in [-0.3, -0.25) is 15.5 Å². The van der Waals surface area contributed by atoms with Gasteiger partial charge < -0.3 is 9.47 Å². The van der Waals surface area contributed by atoms with Crippen LogP contribution in [0.5, 0.6) is 11.5 Å². The summed E-state index contributed by atoms with van der Waals surface area (Å²) < 4.78 is 11.5. The van der Waals surface area contributed by atoms with Crippen molar-refractivity contribution in [3.63, 3.8) is 0 Å². The maximum atomic E-state index is 12.3. The lowest BCUT2D eigenvalue weighted by molar-refractivity contribution is -0.384. The molecule has 30 heavy (non-hydrogen) atoms. The van der Waals surface area contributed by atoms with Gasteiger partial charge >= 0.3 is 5.97 Å². The van der Waals surface area contributed by atoms with E-state index in [1.807, 2.05) is 6.07 Å². The summed E-state index contributed by atoms with van der Waals surface area (Å²) >= 11 is 3.32. The third-order valence-electron chi connectivity index (χ3n) is 3.94. The third-order valence-corrected chi connectivity index (χ3v) is 4.43. The number of esters is 1. The zero-order valence-corrected chi connectivity index (χ0v) is 17.3. The van der Waals surface area contributed by atoms with Crippen LogP contribution in [0.4, 0.5) is 11.4 Å². The molecule has 0 aromatic heterocycles. The summed E-state index contributed by atoms with van der Waals surface area (Å²) in [7, 11) is 1.47. The predicted molar refractivity (Wildman–Crippen MR) is 116 cm³/mol. The average molecular weight is 470 g/mol. The maximum Gasteiger partial charge on any atom is 0.343 e. The zero-order valence-electron chi connectivity index (χ0n) is 15.7. The Kier molecular flexibility index (Phi) is 6.76. The van der Waals surface area contributed by atoms with Gasteiger partial charge in [-0.25, -0.2) is 4.79 Å². The number of carbonyl (C=O) groups is 1. The number of nitro benzene ring substituents is 1. The molecule has 0 spiro atoms. The monoisotopic (exact) mass is 469 g/mol. The number of nitrogens with zero attached hydrogens (tertiary/aromatic N) is 2. The predicted octanol–water partition coefficient (Wildman–Crippen LogP) is 5.03. The smallest absolute Gasteiger partial charge is 0.343 e. The Morgan fingerprint density at radius 2 is 1.87 bits per heavy atom. The number of benzene rings is 3. The second-order valence-corrected chi connectivity index (χ2v) is 6.90. The van der Waals surface area contributed by atoms with Gasteiger partial charge in [0.05, 0.1) is 29.5 Å². The molecule has 0 heterocycles. The number of nitrogens with one attached hydrogen (secondary N) is 1. The van der Waals surface area contributed by atoms with Gasteiger partial charge in [0.1, 0.15) is 0 Å². The van der Waals surface area contributed by atoms with Gasteiger partial charge in [0, 0.05) is 16.6 Å². The van der Waals surface area contributed by atoms with Crippen LogP contribution in [0, 0.1) is 10.1 Å². The van der Waals surface area contributed by atoms with E-state index >= 15 is 0 Å². The van der Waals surface area contributed by atoms with Gasteiger partial charge in [0.15, 0.2) is 11.5 Å². The molecule has 0 bridgehead atoms. The fourth-order valence-corrected chi connectivity index (χ4v) is 2.86. The molecular formula is C21H16BrN3O5. The molecular weight excluding hydrogens is 454 g/mol. The summed E-state index contributed by atoms with van der Waals surface area (Å²) in [6.45, 7) is 0. The molecule has 0 amide bonds. The highest BCUT2D eigenvalue weighted by atomic mass is 79.9. The first-order chi connectivity index (χ1) is 14.5. The second-order valence-electron chi connectivity index (χ2n) is 5.98. The molecule has 0 aliphatic rings. The topological polar surface area (TPSA) is 103 Å². The number of hydrazone groups is 1. The van der Waals surface area contributed by atoms with Crippen molar-refractivity contribution in [1.29, 1.82) is 0 Å². The minimum atomic E-state index is -0.504. The average Bonchev–Trinajstić information content (AvgIpc) is 2.75. The first-order valence-electron chi connectivity index (χ1n) is 8.65. The van der Waals surface area contributed by atoms with Crippen LogP contribution < -0.4 is 14.9 Å². The minimum absolute atomic E-state index is 0.00209. The molecule has 9 heteroatoms. The highest BCUT2D eigenvalue weighted by molar-refractivity contribution is 9.10. The highest BCUT2D eigenvalue weighted by Gasteiger charge is 2.13. The Morgan fingerprint density at radius 3 is 2.53 bits per heavy atom. The first kappa shape index (κ1) is 21.0. The van der Waals surface area contributed by atoms with E-state index < -0.39 is 10.9 Å². The molecule has 0 aliphatic heterocycles. The van der Waals surface area contributed by atoms with E-state index in [0.29, 0.717) is 22.6 Å². The summed E-state index contributed by atoms with van der Waals surface area (Å²) in [5.41, 5.74) is 4.49. The number of halogens is 1. The van der Waals surface area contributed by atoms with E-state index in [-0.39, 0.29) is 11.4 Å². The quantitative estimate of drug-likeness (QED) is 0.171. The van der Waals surface area contributed by atoms with Crippen LogP contribution in [0.2, 0.25) is 0 Å². The Morgan fingerprint density at radius 1 is 1.10 bits per heavy atom. The SMILES string of the molecule is COc1cc(/C=N/Nc2ccc([N+](=O)[O-])cc2)ccc1OC(=O)c1cccc(Br)c1. The van der Waals surface area contributed by atoms with Crippen molar-refractivity contribution in [1.82, 2.24) is 0 Å². The Hall–Kier alpha value is -3.72. The van der Waals surface area contributed by atoms with E-state index in [4.69, 9.17) is 9.47 Å². The van der Waals surface area contributed by atoms with Gasteiger partial charge in [-0.15, -0.1) is 0 Å². The number of nitro groups is 1. The van der Waals surface area contributed by atoms with E-state index in [1.54, 1.807) is 54.7 Å². The van der Waals surface area contributed by atoms with Crippen molar-refractivity contribution in [2.24, 2.45) is 5.10 Å². The molecule has 3 aromatic carbocycles. The minimum Gasteiger partial charge on any atom is -0.493 e. The van der Waals surface area contributed by atoms with Gasteiger partial charge in [-0.1, -0.05) is 22.0 Å². The number of carbonyl (C=O) groups excluding carboxylic acids is 1. The Balaban J connectivity index is 1.68. The number of hydrogen-bond donors (Lipinski definition) is 1. The van der Waals surface area contributed by atoms with E-state index in [0.717, 1.165) is 4.47 Å². The molecule has 0 fully saturated rings. The van der Waals surface area contributed by atoms with Crippen molar-refractivity contribution in [2.45, 2.75) is 0 Å². The molecule has 0 saturated carbocycles. The number of methoxy groups -OCH3 is 1. The van der Waals surface area contributed by atoms with Gasteiger partial charge in [-0.2, -0.15) is 5.10 Å². The summed E-state index contributed by atoms with van der Waals surface area (Å²) in [4.78, 5) is 22.5. The molecule has 0 unspecified atom stereocenters. The van der Waals surface area contributed by atoms with Gasteiger partial charge in [-0.05, 0) is 54.1 Å². The van der Waals surface area contributed by atoms with Crippen molar-refractivity contribution in [3.8, 4) is 11.5 Å². The Labute approximate surface area is 180 Å². The van der Waals surface area contributed by atoms with Crippen molar-refractivity contribution >= 4 is 39.5 Å². The lowest BCUT2D eigenvalue weighted by atomic mass is 10.2. The molecule has 3 aromatic rings. The van der Waals surface area contributed by atoms with Crippen molar-refractivity contribution in [2.75, 3.05) is 12.5 Å². The van der Waals surface area contributed by atoms with Gasteiger partial charge in [0.25, 0.3) is 5.69 Å². The number of hydrogen-bond acceptors (Lipinski definition) is 7. The Bertz CT molecular complexity index is 1100. The summed E-state index contributed by atoms with van der Waals surface area (Å²) in [6, 6.07) is 17.8. The second kappa shape index (κ2) is 9.66. The summed E-state index contributed by atoms with van der Waals surface area (Å²) in [6.07, 6.45) is 1.55. The summed E-state index contributed by atoms with van der Waals surface area (Å²) in [5.74, 6) is 0.149. The van der Waals surface area contributed by atoms with Crippen LogP contribution in [0.25, 0.3) is 0 Å². The molecule has 0 saturated heterocycles. The van der Waals surface area contributed by atoms with Crippen molar-refractivity contribution in [3.05, 3.63) is 92.4 Å². The fraction of sp³-hybridized carbons (Fsp3) is 0.0476. The molecule has 152 valence electrons. The number of rotatable bonds is 7. The fourth-order valence-electron chi connectivity index (χ4n) is 2.46.